The molecule has 2 heteroatoms. The lowest BCUT2D eigenvalue weighted by Gasteiger charge is -2.27. The maximum atomic E-state index is 10.8. The molecule has 25 heavy (non-hydrogen) atoms. The predicted octanol–water partition coefficient (Wildman–Crippen LogP) is 6.35. The fourth-order valence-electron chi connectivity index (χ4n) is 2.90. The SMILES string of the molecule is Cc1cccc(C)c1N=Cc1cc(C(C)(C)C)cc(C(C)(C)C)c1O. The van der Waals surface area contributed by atoms with Gasteiger partial charge in [-0.1, -0.05) is 65.8 Å². The number of rotatable bonds is 2. The fraction of sp³-hybridized carbons (Fsp3) is 0.435. The van der Waals surface area contributed by atoms with Crippen molar-refractivity contribution in [3.63, 3.8) is 0 Å². The van der Waals surface area contributed by atoms with Gasteiger partial charge in [0.25, 0.3) is 0 Å². The zero-order chi connectivity index (χ0) is 19.0. The van der Waals surface area contributed by atoms with E-state index in [1.165, 1.54) is 5.56 Å². The Morgan fingerprint density at radius 2 is 1.44 bits per heavy atom. The number of benzene rings is 2. The van der Waals surface area contributed by atoms with Gasteiger partial charge in [0.1, 0.15) is 5.75 Å². The third-order valence-corrected chi connectivity index (χ3v) is 4.59. The highest BCUT2D eigenvalue weighted by Crippen LogP contribution is 2.37. The highest BCUT2D eigenvalue weighted by molar-refractivity contribution is 5.87. The second kappa shape index (κ2) is 6.67. The van der Waals surface area contributed by atoms with Gasteiger partial charge in [-0.3, -0.25) is 4.99 Å². The molecular formula is C23H31NO. The number of aryl methyl sites for hydroxylation is 2. The van der Waals surface area contributed by atoms with Crippen LogP contribution in [0.3, 0.4) is 0 Å². The summed E-state index contributed by atoms with van der Waals surface area (Å²) < 4.78 is 0. The first kappa shape index (κ1) is 19.2. The first-order valence-corrected chi connectivity index (χ1v) is 8.89. The number of hydrogen-bond acceptors (Lipinski definition) is 2. The summed E-state index contributed by atoms with van der Waals surface area (Å²) in [6.45, 7) is 17.1. The minimum Gasteiger partial charge on any atom is -0.507 e. The molecule has 1 N–H and O–H groups in total. The maximum absolute atomic E-state index is 10.8. The molecule has 2 aromatic rings. The van der Waals surface area contributed by atoms with E-state index in [9.17, 15) is 5.11 Å². The molecule has 0 aliphatic heterocycles. The van der Waals surface area contributed by atoms with Crippen molar-refractivity contribution in [1.82, 2.24) is 0 Å². The van der Waals surface area contributed by atoms with Crippen LogP contribution in [0, 0.1) is 13.8 Å². The molecule has 134 valence electrons. The zero-order valence-corrected chi connectivity index (χ0v) is 16.9. The number of nitrogens with zero attached hydrogens (tertiary/aromatic N) is 1. The van der Waals surface area contributed by atoms with Crippen LogP contribution in [0.1, 0.15) is 69.4 Å². The van der Waals surface area contributed by atoms with Crippen LogP contribution >= 0.6 is 0 Å². The van der Waals surface area contributed by atoms with Crippen molar-refractivity contribution in [1.29, 1.82) is 0 Å². The van der Waals surface area contributed by atoms with E-state index < -0.39 is 0 Å². The van der Waals surface area contributed by atoms with E-state index >= 15 is 0 Å². The van der Waals surface area contributed by atoms with Crippen LogP contribution in [0.5, 0.6) is 5.75 Å². The third kappa shape index (κ3) is 4.31. The van der Waals surface area contributed by atoms with Crippen molar-refractivity contribution >= 4 is 11.9 Å². The fourth-order valence-corrected chi connectivity index (χ4v) is 2.90. The smallest absolute Gasteiger partial charge is 0.128 e. The van der Waals surface area contributed by atoms with Gasteiger partial charge in [0, 0.05) is 17.3 Å². The zero-order valence-electron chi connectivity index (χ0n) is 16.9. The molecule has 0 aliphatic carbocycles. The Morgan fingerprint density at radius 3 is 1.92 bits per heavy atom. The Labute approximate surface area is 152 Å². The van der Waals surface area contributed by atoms with E-state index in [2.05, 4.69) is 79.7 Å². The molecule has 0 unspecified atom stereocenters. The minimum atomic E-state index is -0.132. The van der Waals surface area contributed by atoms with E-state index in [0.29, 0.717) is 5.75 Å². The van der Waals surface area contributed by atoms with Gasteiger partial charge in [-0.25, -0.2) is 0 Å². The monoisotopic (exact) mass is 337 g/mol. The quantitative estimate of drug-likeness (QED) is 0.636. The summed E-state index contributed by atoms with van der Waals surface area (Å²) >= 11 is 0. The van der Waals surface area contributed by atoms with Gasteiger partial charge in [-0.2, -0.15) is 0 Å². The van der Waals surface area contributed by atoms with E-state index in [4.69, 9.17) is 4.99 Å². The lowest BCUT2D eigenvalue weighted by atomic mass is 9.79. The van der Waals surface area contributed by atoms with Crippen molar-refractivity contribution < 1.29 is 5.11 Å². The molecule has 0 atom stereocenters. The number of para-hydroxylation sites is 1. The number of aliphatic imine (C=N–C) groups is 1. The molecule has 2 aromatic carbocycles. The summed E-state index contributed by atoms with van der Waals surface area (Å²) in [6, 6.07) is 10.4. The van der Waals surface area contributed by atoms with E-state index in [-0.39, 0.29) is 10.8 Å². The van der Waals surface area contributed by atoms with Crippen LogP contribution in [0.15, 0.2) is 35.3 Å². The van der Waals surface area contributed by atoms with Gasteiger partial charge in [-0.15, -0.1) is 0 Å². The molecule has 0 saturated carbocycles. The molecule has 0 amide bonds. The van der Waals surface area contributed by atoms with Crippen molar-refractivity contribution in [2.45, 2.75) is 66.2 Å². The maximum Gasteiger partial charge on any atom is 0.128 e. The molecular weight excluding hydrogens is 306 g/mol. The van der Waals surface area contributed by atoms with Gasteiger partial charge in [0.15, 0.2) is 0 Å². The lowest BCUT2D eigenvalue weighted by Crippen LogP contribution is -2.17. The number of aromatic hydroxyl groups is 1. The Hall–Kier alpha value is -2.09. The minimum absolute atomic E-state index is 0.00880. The highest BCUT2D eigenvalue weighted by atomic mass is 16.3. The van der Waals surface area contributed by atoms with Crippen LogP contribution in [-0.2, 0) is 10.8 Å². The number of hydrogen-bond donors (Lipinski definition) is 1. The summed E-state index contributed by atoms with van der Waals surface area (Å²) in [5, 5.41) is 10.8. The molecule has 0 heterocycles. The van der Waals surface area contributed by atoms with E-state index in [0.717, 1.165) is 27.9 Å². The second-order valence-corrected chi connectivity index (χ2v) is 8.96. The summed E-state index contributed by atoms with van der Waals surface area (Å²) in [6.07, 6.45) is 1.80. The Balaban J connectivity index is 2.63. The highest BCUT2D eigenvalue weighted by Gasteiger charge is 2.24. The summed E-state index contributed by atoms with van der Waals surface area (Å²) in [4.78, 5) is 4.70. The van der Waals surface area contributed by atoms with Crippen LogP contribution in [-0.4, -0.2) is 11.3 Å². The Morgan fingerprint density at radius 1 is 0.880 bits per heavy atom. The molecule has 0 aromatic heterocycles. The van der Waals surface area contributed by atoms with Crippen molar-refractivity contribution in [2.24, 2.45) is 4.99 Å². The molecule has 0 saturated heterocycles. The van der Waals surface area contributed by atoms with Crippen LogP contribution in [0.2, 0.25) is 0 Å². The molecule has 2 nitrogen and oxygen atoms in total. The van der Waals surface area contributed by atoms with Crippen LogP contribution in [0.25, 0.3) is 0 Å². The van der Waals surface area contributed by atoms with Crippen molar-refractivity contribution in [3.05, 3.63) is 58.1 Å². The topological polar surface area (TPSA) is 32.6 Å². The molecule has 0 spiro atoms. The van der Waals surface area contributed by atoms with Gasteiger partial charge in [-0.05, 0) is 47.4 Å². The average molecular weight is 338 g/mol. The average Bonchev–Trinajstić information content (AvgIpc) is 2.45. The lowest BCUT2D eigenvalue weighted by molar-refractivity contribution is 0.444. The number of phenolic OH excluding ortho intramolecular Hbond substituents is 1. The van der Waals surface area contributed by atoms with Crippen LogP contribution in [0.4, 0.5) is 5.69 Å². The largest absolute Gasteiger partial charge is 0.507 e. The Bertz CT molecular complexity index is 782. The van der Waals surface area contributed by atoms with Gasteiger partial charge in [0.2, 0.25) is 0 Å². The molecule has 0 aliphatic rings. The molecule has 0 fully saturated rings. The van der Waals surface area contributed by atoms with Crippen molar-refractivity contribution in [2.75, 3.05) is 0 Å². The normalized spacial score (nSPS) is 12.8. The molecule has 0 radical (unpaired) electrons. The second-order valence-electron chi connectivity index (χ2n) is 8.96. The molecule has 2 rings (SSSR count). The van der Waals surface area contributed by atoms with Crippen molar-refractivity contribution in [3.8, 4) is 5.75 Å². The first-order valence-electron chi connectivity index (χ1n) is 8.89. The number of phenols is 1. The first-order chi connectivity index (χ1) is 11.4. The summed E-state index contributed by atoms with van der Waals surface area (Å²) in [5.41, 5.74) is 6.07. The van der Waals surface area contributed by atoms with Crippen LogP contribution < -0.4 is 0 Å². The van der Waals surface area contributed by atoms with E-state index in [1.54, 1.807) is 6.21 Å². The van der Waals surface area contributed by atoms with E-state index in [1.807, 2.05) is 6.07 Å². The van der Waals surface area contributed by atoms with Gasteiger partial charge in [0.05, 0.1) is 5.69 Å². The summed E-state index contributed by atoms with van der Waals surface area (Å²) in [5.74, 6) is 0.329. The Kier molecular flexibility index (Phi) is 5.13. The standard InChI is InChI=1S/C23H31NO/c1-15-10-9-11-16(2)20(15)24-14-17-12-18(22(3,4)5)13-19(21(17)25)23(6,7)8/h9-14,25H,1-8H3. The van der Waals surface area contributed by atoms with Gasteiger partial charge >= 0.3 is 0 Å². The van der Waals surface area contributed by atoms with Gasteiger partial charge < -0.3 is 5.11 Å². The predicted molar refractivity (Wildman–Crippen MR) is 109 cm³/mol. The molecule has 0 bridgehead atoms. The summed E-state index contributed by atoms with van der Waals surface area (Å²) in [7, 11) is 0. The third-order valence-electron chi connectivity index (χ3n) is 4.59.